The number of halogens is 3. The van der Waals surface area contributed by atoms with Crippen LogP contribution in [0.15, 0.2) is 54.6 Å². The summed E-state index contributed by atoms with van der Waals surface area (Å²) in [5, 5.41) is 2.74. The molecule has 0 bridgehead atoms. The van der Waals surface area contributed by atoms with E-state index in [1.165, 1.54) is 19.1 Å². The van der Waals surface area contributed by atoms with Gasteiger partial charge in [-0.2, -0.15) is 0 Å². The predicted octanol–water partition coefficient (Wildman–Crippen LogP) is 6.44. The molecule has 168 valence electrons. The first-order chi connectivity index (χ1) is 14.7. The highest BCUT2D eigenvalue weighted by Gasteiger charge is 2.45. The van der Waals surface area contributed by atoms with Crippen molar-refractivity contribution in [3.63, 3.8) is 0 Å². The Morgan fingerprint density at radius 3 is 2.26 bits per heavy atom. The highest BCUT2D eigenvalue weighted by atomic mass is 80.0. The first-order valence-electron chi connectivity index (χ1n) is 8.90. The van der Waals surface area contributed by atoms with Crippen molar-refractivity contribution < 1.29 is 27.9 Å². The Hall–Kier alpha value is -1.07. The summed E-state index contributed by atoms with van der Waals surface area (Å²) in [5.74, 6) is 1.34. The maximum atomic E-state index is 12.7. The fraction of sp³-hybridized carbons (Fsp3) is 0.316. The Labute approximate surface area is 206 Å². The number of amides is 2. The molecule has 8 nitrogen and oxygen atoms in total. The lowest BCUT2D eigenvalue weighted by Crippen LogP contribution is -2.47. The van der Waals surface area contributed by atoms with E-state index in [1.807, 2.05) is 30.3 Å². The molecule has 0 saturated carbocycles. The molecule has 0 aliphatic rings. The van der Waals surface area contributed by atoms with Crippen molar-refractivity contribution in [1.82, 2.24) is 4.90 Å². The van der Waals surface area contributed by atoms with Crippen LogP contribution in [-0.2, 0) is 18.3 Å². The lowest BCUT2D eigenvalue weighted by atomic mass is 10.3. The van der Waals surface area contributed by atoms with Gasteiger partial charge in [0.25, 0.3) is 0 Å². The van der Waals surface area contributed by atoms with Gasteiger partial charge in [-0.15, -0.1) is 4.52 Å². The lowest BCUT2D eigenvalue weighted by Gasteiger charge is -2.29. The lowest BCUT2D eigenvalue weighted by molar-refractivity contribution is 0.0656. The zero-order valence-corrected chi connectivity index (χ0v) is 22.3. The van der Waals surface area contributed by atoms with E-state index in [9.17, 15) is 9.36 Å². The third kappa shape index (κ3) is 9.13. The standard InChI is InChI=1S/C19H20Br3N2O6P/c1-24(17(19(20,21)22)30-31(26)28-13-12-27-2)18(25)23-14-8-10-16(11-9-14)29-15-6-4-3-5-7-15/h3-11,17H,12-13H2,1-2H3/p+1. The zero-order valence-electron chi connectivity index (χ0n) is 16.7. The topological polar surface area (TPSA) is 86.3 Å². The average molecular weight is 644 g/mol. The van der Waals surface area contributed by atoms with Crippen LogP contribution in [0.1, 0.15) is 0 Å². The molecule has 2 unspecified atom stereocenters. The summed E-state index contributed by atoms with van der Waals surface area (Å²) in [5.41, 5.74) is 0.543. The van der Waals surface area contributed by atoms with Crippen molar-refractivity contribution in [2.24, 2.45) is 0 Å². The number of urea groups is 1. The minimum Gasteiger partial charge on any atom is -0.457 e. The Kier molecular flexibility index (Phi) is 10.8. The van der Waals surface area contributed by atoms with Crippen LogP contribution in [0.25, 0.3) is 0 Å². The second kappa shape index (κ2) is 12.8. The molecule has 1 N–H and O–H groups in total. The van der Waals surface area contributed by atoms with Gasteiger partial charge in [0, 0.05) is 24.4 Å². The number of para-hydroxylation sites is 1. The van der Waals surface area contributed by atoms with Crippen molar-refractivity contribution >= 4 is 67.8 Å². The van der Waals surface area contributed by atoms with Gasteiger partial charge in [-0.25, -0.2) is 4.79 Å². The van der Waals surface area contributed by atoms with Gasteiger partial charge in [-0.1, -0.05) is 70.5 Å². The van der Waals surface area contributed by atoms with E-state index >= 15 is 0 Å². The van der Waals surface area contributed by atoms with E-state index in [0.717, 1.165) is 0 Å². The number of methoxy groups -OCH3 is 1. The quantitative estimate of drug-likeness (QED) is 0.139. The Balaban J connectivity index is 1.98. The Bertz CT molecular complexity index is 852. The first-order valence-corrected chi connectivity index (χ1v) is 12.4. The summed E-state index contributed by atoms with van der Waals surface area (Å²) < 4.78 is 32.0. The molecule has 0 spiro atoms. The van der Waals surface area contributed by atoms with E-state index in [4.69, 9.17) is 18.5 Å². The minimum atomic E-state index is -2.50. The molecular weight excluding hydrogens is 623 g/mol. The highest BCUT2D eigenvalue weighted by Crippen LogP contribution is 2.44. The van der Waals surface area contributed by atoms with E-state index in [0.29, 0.717) is 17.2 Å². The van der Waals surface area contributed by atoms with Crippen LogP contribution in [0, 0.1) is 0 Å². The van der Waals surface area contributed by atoms with E-state index in [1.54, 1.807) is 24.3 Å². The Morgan fingerprint density at radius 2 is 1.68 bits per heavy atom. The molecule has 0 heterocycles. The molecule has 31 heavy (non-hydrogen) atoms. The smallest absolute Gasteiger partial charge is 0.457 e. The van der Waals surface area contributed by atoms with Crippen LogP contribution in [0.5, 0.6) is 11.5 Å². The Morgan fingerprint density at radius 1 is 1.06 bits per heavy atom. The van der Waals surface area contributed by atoms with Gasteiger partial charge >= 0.3 is 14.3 Å². The van der Waals surface area contributed by atoms with Crippen molar-refractivity contribution in [3.8, 4) is 11.5 Å². The van der Waals surface area contributed by atoms with Gasteiger partial charge in [0.2, 0.25) is 6.23 Å². The number of nitrogens with one attached hydrogen (secondary N) is 1. The summed E-state index contributed by atoms with van der Waals surface area (Å²) in [6, 6.07) is 15.8. The van der Waals surface area contributed by atoms with Crippen LogP contribution in [0.3, 0.4) is 0 Å². The van der Waals surface area contributed by atoms with E-state index in [2.05, 4.69) is 53.1 Å². The summed E-state index contributed by atoms with van der Waals surface area (Å²) in [7, 11) is 0.490. The van der Waals surface area contributed by atoms with Crippen LogP contribution in [0.2, 0.25) is 0 Å². The maximum Gasteiger partial charge on any atom is 0.699 e. The van der Waals surface area contributed by atoms with Gasteiger partial charge in [0.1, 0.15) is 18.1 Å². The molecule has 12 heteroatoms. The van der Waals surface area contributed by atoms with Crippen molar-refractivity contribution in [1.29, 1.82) is 0 Å². The highest BCUT2D eigenvalue weighted by molar-refractivity contribution is 9.39. The molecule has 2 aromatic rings. The van der Waals surface area contributed by atoms with E-state index in [-0.39, 0.29) is 13.2 Å². The van der Waals surface area contributed by atoms with Crippen molar-refractivity contribution in [2.75, 3.05) is 32.7 Å². The first kappa shape index (κ1) is 26.2. The molecule has 0 aliphatic heterocycles. The van der Waals surface area contributed by atoms with Gasteiger partial charge in [0.15, 0.2) is 2.14 Å². The fourth-order valence-corrected chi connectivity index (χ4v) is 4.59. The van der Waals surface area contributed by atoms with Crippen LogP contribution in [-0.4, -0.2) is 46.7 Å². The molecule has 0 aromatic heterocycles. The number of rotatable bonds is 10. The SMILES string of the molecule is COCCO[P+](=O)OC(N(C)C(=O)Nc1ccc(Oc2ccccc2)cc1)C(Br)(Br)Br. The van der Waals surface area contributed by atoms with Gasteiger partial charge in [-0.05, 0) is 36.4 Å². The summed E-state index contributed by atoms with van der Waals surface area (Å²) in [4.78, 5) is 13.9. The van der Waals surface area contributed by atoms with Gasteiger partial charge < -0.3 is 14.8 Å². The molecular formula is C19H21Br3N2O6P+. The normalized spacial score (nSPS) is 12.7. The summed E-state index contributed by atoms with van der Waals surface area (Å²) in [6.07, 6.45) is -1.03. The maximum absolute atomic E-state index is 12.7. The van der Waals surface area contributed by atoms with Crippen molar-refractivity contribution in [2.45, 2.75) is 8.37 Å². The molecule has 2 amide bonds. The van der Waals surface area contributed by atoms with Gasteiger partial charge in [-0.3, -0.25) is 4.90 Å². The monoisotopic (exact) mass is 641 g/mol. The largest absolute Gasteiger partial charge is 0.699 e. The number of carbonyl (C=O) groups excluding carboxylic acids is 1. The van der Waals surface area contributed by atoms with Crippen LogP contribution >= 0.6 is 56.0 Å². The minimum absolute atomic E-state index is 0.0889. The second-order valence-electron chi connectivity index (χ2n) is 6.03. The molecule has 2 aromatic carbocycles. The number of anilines is 1. The third-order valence-corrected chi connectivity index (χ3v) is 5.65. The molecule has 0 saturated heterocycles. The zero-order chi connectivity index (χ0) is 22.9. The number of hydrogen-bond donors (Lipinski definition) is 1. The molecule has 2 rings (SSSR count). The summed E-state index contributed by atoms with van der Waals surface area (Å²) in [6.45, 7) is 0.350. The third-order valence-electron chi connectivity index (χ3n) is 3.71. The molecule has 0 aliphatic carbocycles. The number of hydrogen-bond acceptors (Lipinski definition) is 6. The number of ether oxygens (including phenoxy) is 2. The molecule has 0 fully saturated rings. The average Bonchev–Trinajstić information content (AvgIpc) is 2.73. The number of nitrogens with zero attached hydrogens (tertiary/aromatic N) is 1. The second-order valence-corrected chi connectivity index (χ2v) is 13.9. The van der Waals surface area contributed by atoms with Crippen LogP contribution < -0.4 is 10.1 Å². The molecule has 2 atom stereocenters. The number of carbonyl (C=O) groups is 1. The van der Waals surface area contributed by atoms with Crippen LogP contribution in [0.4, 0.5) is 10.5 Å². The molecule has 0 radical (unpaired) electrons. The fourth-order valence-electron chi connectivity index (χ4n) is 2.21. The number of benzene rings is 2. The van der Waals surface area contributed by atoms with E-state index < -0.39 is 22.7 Å². The number of alkyl halides is 3. The predicted molar refractivity (Wildman–Crippen MR) is 130 cm³/mol. The van der Waals surface area contributed by atoms with Gasteiger partial charge in [0.05, 0.1) is 6.61 Å². The van der Waals surface area contributed by atoms with Crippen molar-refractivity contribution in [3.05, 3.63) is 54.6 Å². The summed E-state index contributed by atoms with van der Waals surface area (Å²) >= 11 is 9.94.